The van der Waals surface area contributed by atoms with Crippen molar-refractivity contribution in [3.63, 3.8) is 0 Å². The van der Waals surface area contributed by atoms with Crippen LogP contribution in [0.5, 0.6) is 5.75 Å². The number of nitrogens with two attached hydrogens (primary N) is 4. The molecule has 3 aliphatic rings. The lowest BCUT2D eigenvalue weighted by Gasteiger charge is -2.37. The predicted octanol–water partition coefficient (Wildman–Crippen LogP) is -1.17. The number of primary amides is 2. The van der Waals surface area contributed by atoms with Crippen LogP contribution in [0.2, 0.25) is 0 Å². The standard InChI is InChI=1S/C52H73N13O11S2/c1-30(2)43-49(74)62-37(26-40(53)66)46(71)63-38(50(75)65-23-11-15-39(65)48(73)60-34(14-10-22-57-51(55)56)44(69)58-28-41(54)67)29-77-78-52(20-8-5-9-21-52)27-42(68)59-35(25-32-16-18-33(76-3)19-17-32)45(70)61-36(47(72)64-43)24-31-12-6-4-7-13-31/h4,6-7,11-13,15-19,30,34-39,43H,5,8-10,14,20-29H2,1-3H3,(H2,53,66)(H2,54,67)(H,58,69)(H,59,68)(H,60,73)(H,61,70)(H,62,74)(H,63,71)(H,64,72)(H4,55,56,57)/t34-,35+,36+,37+,38+,39-,43-/m0/s1. The molecule has 1 aliphatic carbocycles. The van der Waals surface area contributed by atoms with Crippen molar-refractivity contribution in [3.05, 3.63) is 77.9 Å². The molecule has 2 heterocycles. The third-order valence-electron chi connectivity index (χ3n) is 13.3. The van der Waals surface area contributed by atoms with Crippen LogP contribution in [0.3, 0.4) is 0 Å². The Kier molecular flexibility index (Phi) is 23.6. The number of hydrogen-bond donors (Lipinski definition) is 11. The number of amides is 10. The average Bonchev–Trinajstić information content (AvgIpc) is 3.90. The Balaban J connectivity index is 1.52. The fourth-order valence-corrected chi connectivity index (χ4v) is 12.6. The maximum Gasteiger partial charge on any atom is 0.247 e. The van der Waals surface area contributed by atoms with Gasteiger partial charge in [0.25, 0.3) is 0 Å². The Morgan fingerprint density at radius 2 is 1.41 bits per heavy atom. The van der Waals surface area contributed by atoms with E-state index in [1.807, 2.05) is 0 Å². The molecule has 10 amide bonds. The topological polar surface area (TPSA) is 384 Å². The van der Waals surface area contributed by atoms with E-state index in [0.717, 1.165) is 19.3 Å². The van der Waals surface area contributed by atoms with Crippen LogP contribution in [0.4, 0.5) is 0 Å². The number of nitrogens with one attached hydrogen (secondary N) is 7. The highest BCUT2D eigenvalue weighted by molar-refractivity contribution is 8.77. The minimum atomic E-state index is -1.67. The highest BCUT2D eigenvalue weighted by Crippen LogP contribution is 2.48. The van der Waals surface area contributed by atoms with Gasteiger partial charge in [0, 0.05) is 42.9 Å². The third kappa shape index (κ3) is 19.0. The van der Waals surface area contributed by atoms with Crippen molar-refractivity contribution in [3.8, 4) is 5.75 Å². The molecule has 15 N–H and O–H groups in total. The van der Waals surface area contributed by atoms with E-state index >= 15 is 0 Å². The summed E-state index contributed by atoms with van der Waals surface area (Å²) in [7, 11) is 4.07. The van der Waals surface area contributed by atoms with E-state index in [1.165, 1.54) is 39.7 Å². The van der Waals surface area contributed by atoms with Gasteiger partial charge in [-0.1, -0.05) is 109 Å². The largest absolute Gasteiger partial charge is 0.497 e. The molecule has 0 aromatic heterocycles. The molecule has 0 unspecified atom stereocenters. The van der Waals surface area contributed by atoms with E-state index in [4.69, 9.17) is 27.7 Å². The molecular weight excluding hydrogens is 1050 g/mol. The smallest absolute Gasteiger partial charge is 0.247 e. The predicted molar refractivity (Wildman–Crippen MR) is 294 cm³/mol. The molecule has 78 heavy (non-hydrogen) atoms. The number of guanidine groups is 1. The Bertz CT molecular complexity index is 2530. The highest BCUT2D eigenvalue weighted by atomic mass is 33.1. The van der Waals surface area contributed by atoms with Crippen molar-refractivity contribution in [1.82, 2.24) is 42.1 Å². The van der Waals surface area contributed by atoms with Gasteiger partial charge >= 0.3 is 0 Å². The normalized spacial score (nSPS) is 22.8. The van der Waals surface area contributed by atoms with Gasteiger partial charge in [-0.3, -0.25) is 52.9 Å². The third-order valence-corrected chi connectivity index (χ3v) is 16.6. The lowest BCUT2D eigenvalue weighted by atomic mass is 9.85. The van der Waals surface area contributed by atoms with Gasteiger partial charge in [0.05, 0.1) is 20.1 Å². The summed E-state index contributed by atoms with van der Waals surface area (Å²) in [5, 5.41) is 18.8. The zero-order valence-corrected chi connectivity index (χ0v) is 45.7. The summed E-state index contributed by atoms with van der Waals surface area (Å²) in [5.41, 5.74) is 23.1. The minimum absolute atomic E-state index is 0.0168. The summed E-state index contributed by atoms with van der Waals surface area (Å²) in [5.74, 6) is -8.22. The average molecular weight is 1120 g/mol. The zero-order chi connectivity index (χ0) is 56.9. The molecule has 1 saturated heterocycles. The van der Waals surface area contributed by atoms with Gasteiger partial charge in [0.15, 0.2) is 5.96 Å². The number of carbonyl (C=O) groups is 10. The van der Waals surface area contributed by atoms with E-state index in [9.17, 15) is 47.9 Å². The van der Waals surface area contributed by atoms with E-state index in [2.05, 4.69) is 42.2 Å². The van der Waals surface area contributed by atoms with Gasteiger partial charge in [-0.15, -0.1) is 0 Å². The zero-order valence-electron chi connectivity index (χ0n) is 44.1. The van der Waals surface area contributed by atoms with Crippen LogP contribution < -0.4 is 64.9 Å². The van der Waals surface area contributed by atoms with Crippen molar-refractivity contribution >= 4 is 86.6 Å². The second-order valence-electron chi connectivity index (χ2n) is 19.8. The molecule has 2 aliphatic heterocycles. The summed E-state index contributed by atoms with van der Waals surface area (Å²) in [6.45, 7) is 2.76. The molecule has 2 aromatic carbocycles. The van der Waals surface area contributed by atoms with E-state index in [-0.39, 0.29) is 56.9 Å². The second kappa shape index (κ2) is 30.0. The summed E-state index contributed by atoms with van der Waals surface area (Å²) >= 11 is 0. The minimum Gasteiger partial charge on any atom is -0.497 e. The number of nitrogens with zero attached hydrogens (tertiary/aromatic N) is 2. The molecule has 24 nitrogen and oxygen atoms in total. The number of carbonyl (C=O) groups excluding carboxylic acids is 10. The number of ether oxygens (including phenoxy) is 1. The number of rotatable bonds is 18. The number of benzene rings is 2. The quantitative estimate of drug-likeness (QED) is 0.0276. The first kappa shape index (κ1) is 61.5. The van der Waals surface area contributed by atoms with E-state index < -0.39 is 125 Å². The van der Waals surface area contributed by atoms with Gasteiger partial charge in [-0.2, -0.15) is 0 Å². The van der Waals surface area contributed by atoms with Crippen LogP contribution in [0, 0.1) is 5.92 Å². The molecular formula is C52H73N13O11S2. The van der Waals surface area contributed by atoms with Gasteiger partial charge < -0.3 is 69.8 Å². The fraction of sp³-hybridized carbons (Fsp3) is 0.519. The molecule has 1 spiro atoms. The van der Waals surface area contributed by atoms with Crippen LogP contribution in [0.1, 0.15) is 82.8 Å². The molecule has 26 heteroatoms. The first-order valence-electron chi connectivity index (χ1n) is 25.8. The van der Waals surface area contributed by atoms with Crippen LogP contribution in [-0.2, 0) is 60.8 Å². The Hall–Kier alpha value is -7.35. The number of hydrogen-bond acceptors (Lipinski definition) is 14. The maximum absolute atomic E-state index is 14.9. The lowest BCUT2D eigenvalue weighted by molar-refractivity contribution is -0.141. The number of aliphatic imine (C=N–C) groups is 1. The summed E-state index contributed by atoms with van der Waals surface area (Å²) < 4.78 is 4.62. The van der Waals surface area contributed by atoms with Crippen LogP contribution in [0.15, 0.2) is 71.7 Å². The van der Waals surface area contributed by atoms with E-state index in [0.29, 0.717) is 29.7 Å². The molecule has 0 bridgehead atoms. The molecule has 7 atom stereocenters. The second-order valence-corrected chi connectivity index (χ2v) is 22.6. The first-order chi connectivity index (χ1) is 37.2. The van der Waals surface area contributed by atoms with Crippen molar-refractivity contribution < 1.29 is 52.7 Å². The highest BCUT2D eigenvalue weighted by Gasteiger charge is 2.41. The molecule has 424 valence electrons. The Labute approximate surface area is 461 Å². The van der Waals surface area contributed by atoms with Crippen molar-refractivity contribution in [1.29, 1.82) is 0 Å². The van der Waals surface area contributed by atoms with Crippen LogP contribution >= 0.6 is 21.6 Å². The Morgan fingerprint density at radius 3 is 2.04 bits per heavy atom. The first-order valence-corrected chi connectivity index (χ1v) is 28.1. The monoisotopic (exact) mass is 1120 g/mol. The molecule has 2 aromatic rings. The van der Waals surface area contributed by atoms with Crippen LogP contribution in [-0.4, -0.2) is 149 Å². The summed E-state index contributed by atoms with van der Waals surface area (Å²) in [6, 6.07) is 6.39. The molecule has 1 saturated carbocycles. The van der Waals surface area contributed by atoms with Crippen molar-refractivity contribution in [2.24, 2.45) is 33.8 Å². The Morgan fingerprint density at radius 1 is 0.782 bits per heavy atom. The summed E-state index contributed by atoms with van der Waals surface area (Å²) in [6.07, 6.45) is 6.09. The molecule has 5 rings (SSSR count). The molecule has 2 fully saturated rings. The van der Waals surface area contributed by atoms with Gasteiger partial charge in [-0.25, -0.2) is 0 Å². The van der Waals surface area contributed by atoms with Gasteiger partial charge in [0.2, 0.25) is 59.1 Å². The van der Waals surface area contributed by atoms with Gasteiger partial charge in [0.1, 0.15) is 48.0 Å². The summed E-state index contributed by atoms with van der Waals surface area (Å²) in [4.78, 5) is 144. The van der Waals surface area contributed by atoms with Crippen molar-refractivity contribution in [2.45, 2.75) is 132 Å². The SMILES string of the molecule is COc1ccc(C[C@H]2NC(=O)CC3(CCCCC3)SSC[C@H](C(=O)N3CC=C[C@H]3C(=O)N[C@@H](CCCN=C(N)N)C(=O)NCC(N)=O)NC(=O)[C@@H](CC(N)=O)NC(=O)[C@H](C(C)C)NC(=O)[C@@H](Cc3ccccc3)NC2=O)cc1. The molecule has 0 radical (unpaired) electrons. The van der Waals surface area contributed by atoms with E-state index in [1.54, 1.807) is 74.5 Å². The lowest BCUT2D eigenvalue weighted by Crippen LogP contribution is -2.61. The van der Waals surface area contributed by atoms with Crippen molar-refractivity contribution in [2.75, 3.05) is 32.5 Å². The van der Waals surface area contributed by atoms with Crippen LogP contribution in [0.25, 0.3) is 0 Å². The number of methoxy groups -OCH3 is 1. The maximum atomic E-state index is 14.9. The van der Waals surface area contributed by atoms with Gasteiger partial charge in [-0.05, 0) is 54.9 Å². The fourth-order valence-electron chi connectivity index (χ4n) is 9.20.